The van der Waals surface area contributed by atoms with E-state index in [0.717, 1.165) is 0 Å². The first-order valence-electron chi connectivity index (χ1n) is 10.2. The molecule has 0 saturated carbocycles. The molecular formula is C27H26O3S2. The normalized spacial score (nSPS) is 11.0. The molecule has 32 heavy (non-hydrogen) atoms. The van der Waals surface area contributed by atoms with Crippen molar-refractivity contribution in [2.45, 2.75) is 40.4 Å². The average Bonchev–Trinajstić information content (AvgIpc) is 2.81. The van der Waals surface area contributed by atoms with E-state index in [4.69, 9.17) is 0 Å². The predicted octanol–water partition coefficient (Wildman–Crippen LogP) is 6.30. The number of aryl methyl sites for hydroxylation is 1. The van der Waals surface area contributed by atoms with Gasteiger partial charge < -0.3 is 4.55 Å². The topological polar surface area (TPSA) is 57.2 Å². The molecule has 0 bridgehead atoms. The van der Waals surface area contributed by atoms with Crippen molar-refractivity contribution in [2.75, 3.05) is 0 Å². The molecule has 0 spiro atoms. The van der Waals surface area contributed by atoms with Crippen LogP contribution in [0.4, 0.5) is 0 Å². The van der Waals surface area contributed by atoms with E-state index < -0.39 is 10.1 Å². The molecule has 0 heterocycles. The molecular weight excluding hydrogens is 436 g/mol. The standard InChI is InChI=1S/C21H21S.C6H6O3S/c1-16-14-15-21(18(3)17(16)2)22(19-10-6-4-7-11-19)20-12-8-5-9-13-20;7-10(8,9)6-4-2-1-3-5-6/h4-15H,1-3H3;1-5H,(H,7,8,9)/q+1;/p-1. The quantitative estimate of drug-likeness (QED) is 0.264. The van der Waals surface area contributed by atoms with Gasteiger partial charge in [0.2, 0.25) is 0 Å². The molecule has 0 aromatic heterocycles. The molecule has 3 nitrogen and oxygen atoms in total. The van der Waals surface area contributed by atoms with Gasteiger partial charge in [-0.05, 0) is 74.4 Å². The Bertz CT molecular complexity index is 1220. The van der Waals surface area contributed by atoms with Gasteiger partial charge in [-0.2, -0.15) is 0 Å². The highest BCUT2D eigenvalue weighted by Gasteiger charge is 2.30. The van der Waals surface area contributed by atoms with E-state index in [1.54, 1.807) is 6.07 Å². The summed E-state index contributed by atoms with van der Waals surface area (Å²) in [5, 5.41) is 0. The second-order valence-electron chi connectivity index (χ2n) is 7.33. The van der Waals surface area contributed by atoms with Crippen LogP contribution in [0.5, 0.6) is 0 Å². The van der Waals surface area contributed by atoms with Crippen LogP contribution in [0, 0.1) is 20.8 Å². The highest BCUT2D eigenvalue weighted by molar-refractivity contribution is 7.97. The summed E-state index contributed by atoms with van der Waals surface area (Å²) in [5.41, 5.74) is 4.18. The molecule has 4 aromatic carbocycles. The van der Waals surface area contributed by atoms with Crippen LogP contribution in [0.15, 0.2) is 123 Å². The van der Waals surface area contributed by atoms with Crippen molar-refractivity contribution in [3.05, 3.63) is 120 Å². The highest BCUT2D eigenvalue weighted by atomic mass is 32.2. The Morgan fingerprint density at radius 2 is 1.03 bits per heavy atom. The summed E-state index contributed by atoms with van der Waals surface area (Å²) in [4.78, 5) is 4.00. The second-order valence-corrected chi connectivity index (χ2v) is 10.7. The first-order chi connectivity index (χ1) is 15.3. The smallest absolute Gasteiger partial charge is 0.169 e. The molecule has 164 valence electrons. The van der Waals surface area contributed by atoms with Crippen LogP contribution >= 0.6 is 0 Å². The number of hydrogen-bond acceptors (Lipinski definition) is 3. The summed E-state index contributed by atoms with van der Waals surface area (Å²) >= 11 is 0. The van der Waals surface area contributed by atoms with Gasteiger partial charge >= 0.3 is 0 Å². The van der Waals surface area contributed by atoms with E-state index in [1.165, 1.54) is 55.6 Å². The number of hydrogen-bond donors (Lipinski definition) is 0. The van der Waals surface area contributed by atoms with E-state index in [0.29, 0.717) is 0 Å². The van der Waals surface area contributed by atoms with Crippen LogP contribution < -0.4 is 0 Å². The van der Waals surface area contributed by atoms with Gasteiger partial charge in [-0.1, -0.05) is 60.7 Å². The molecule has 0 aliphatic carbocycles. The Morgan fingerprint density at radius 3 is 1.44 bits per heavy atom. The summed E-state index contributed by atoms with van der Waals surface area (Å²) in [5.74, 6) is 0. The summed E-state index contributed by atoms with van der Waals surface area (Å²) in [6.45, 7) is 6.67. The van der Waals surface area contributed by atoms with E-state index >= 15 is 0 Å². The minimum atomic E-state index is -4.25. The summed E-state index contributed by atoms with van der Waals surface area (Å²) in [7, 11) is -4.30. The van der Waals surface area contributed by atoms with Gasteiger partial charge in [0, 0.05) is 5.56 Å². The molecule has 5 heteroatoms. The maximum absolute atomic E-state index is 10.3. The molecule has 0 radical (unpaired) electrons. The van der Waals surface area contributed by atoms with Crippen molar-refractivity contribution in [1.29, 1.82) is 0 Å². The zero-order valence-corrected chi connectivity index (χ0v) is 20.0. The molecule has 4 aromatic rings. The van der Waals surface area contributed by atoms with Crippen molar-refractivity contribution in [2.24, 2.45) is 0 Å². The average molecular weight is 463 g/mol. The molecule has 0 aliphatic heterocycles. The van der Waals surface area contributed by atoms with Crippen LogP contribution in [0.25, 0.3) is 0 Å². The molecule has 0 atom stereocenters. The van der Waals surface area contributed by atoms with E-state index in [-0.39, 0.29) is 15.8 Å². The zero-order chi connectivity index (χ0) is 23.1. The third-order valence-electron chi connectivity index (χ3n) is 5.22. The lowest BCUT2D eigenvalue weighted by Gasteiger charge is -2.13. The van der Waals surface area contributed by atoms with Crippen molar-refractivity contribution < 1.29 is 13.0 Å². The van der Waals surface area contributed by atoms with Crippen molar-refractivity contribution in [3.63, 3.8) is 0 Å². The fourth-order valence-corrected chi connectivity index (χ4v) is 6.04. The number of rotatable bonds is 4. The van der Waals surface area contributed by atoms with Crippen LogP contribution in [-0.4, -0.2) is 13.0 Å². The number of benzene rings is 4. The third kappa shape index (κ3) is 5.88. The van der Waals surface area contributed by atoms with Gasteiger partial charge in [0.05, 0.1) is 15.8 Å². The van der Waals surface area contributed by atoms with E-state index in [9.17, 15) is 13.0 Å². The fourth-order valence-electron chi connectivity index (χ4n) is 3.24. The lowest BCUT2D eigenvalue weighted by Crippen LogP contribution is -2.07. The molecule has 0 unspecified atom stereocenters. The molecule has 0 saturated heterocycles. The summed E-state index contributed by atoms with van der Waals surface area (Å²) < 4.78 is 30.8. The van der Waals surface area contributed by atoms with Gasteiger partial charge in [-0.15, -0.1) is 0 Å². The van der Waals surface area contributed by atoms with E-state index in [1.807, 2.05) is 0 Å². The van der Waals surface area contributed by atoms with Crippen molar-refractivity contribution in [3.8, 4) is 0 Å². The van der Waals surface area contributed by atoms with Gasteiger partial charge in [-0.3, -0.25) is 0 Å². The summed E-state index contributed by atoms with van der Waals surface area (Å²) in [6, 6.07) is 33.4. The highest BCUT2D eigenvalue weighted by Crippen LogP contribution is 2.34. The van der Waals surface area contributed by atoms with Crippen LogP contribution in [0.3, 0.4) is 0 Å². The maximum atomic E-state index is 10.3. The first-order valence-corrected chi connectivity index (χ1v) is 12.8. The fraction of sp³-hybridized carbons (Fsp3) is 0.111. The maximum Gasteiger partial charge on any atom is 0.169 e. The molecule has 0 amide bonds. The Balaban J connectivity index is 0.000000243. The van der Waals surface area contributed by atoms with Gasteiger partial charge in [0.25, 0.3) is 0 Å². The molecule has 0 N–H and O–H groups in total. The summed E-state index contributed by atoms with van der Waals surface area (Å²) in [6.07, 6.45) is 0. The lowest BCUT2D eigenvalue weighted by atomic mass is 10.1. The largest absolute Gasteiger partial charge is 0.744 e. The Kier molecular flexibility index (Phi) is 7.91. The van der Waals surface area contributed by atoms with Crippen molar-refractivity contribution >= 4 is 21.0 Å². The molecule has 0 aliphatic rings. The first kappa shape index (κ1) is 23.8. The minimum absolute atomic E-state index is 0.0448. The predicted molar refractivity (Wildman–Crippen MR) is 130 cm³/mol. The van der Waals surface area contributed by atoms with Gasteiger partial charge in [0.1, 0.15) is 10.1 Å². The van der Waals surface area contributed by atoms with Crippen LogP contribution in [0.1, 0.15) is 16.7 Å². The van der Waals surface area contributed by atoms with Crippen LogP contribution in [0.2, 0.25) is 0 Å². The second kappa shape index (κ2) is 10.6. The lowest BCUT2D eigenvalue weighted by molar-refractivity contribution is 0.463. The SMILES string of the molecule is Cc1ccc([S+](c2ccccc2)c2ccccc2)c(C)c1C.O=S(=O)([O-])c1ccccc1. The van der Waals surface area contributed by atoms with Gasteiger partial charge in [-0.25, -0.2) is 8.42 Å². The minimum Gasteiger partial charge on any atom is -0.744 e. The Morgan fingerprint density at radius 1 is 0.594 bits per heavy atom. The van der Waals surface area contributed by atoms with Crippen LogP contribution in [-0.2, 0) is 21.0 Å². The molecule has 4 rings (SSSR count). The Hall–Kier alpha value is -2.86. The zero-order valence-electron chi connectivity index (χ0n) is 18.4. The third-order valence-corrected chi connectivity index (χ3v) is 8.44. The molecule has 0 fully saturated rings. The van der Waals surface area contributed by atoms with Gasteiger partial charge in [0.15, 0.2) is 14.7 Å². The van der Waals surface area contributed by atoms with E-state index in [2.05, 4.69) is 93.6 Å². The monoisotopic (exact) mass is 462 g/mol. The van der Waals surface area contributed by atoms with Crippen molar-refractivity contribution in [1.82, 2.24) is 0 Å². The Labute approximate surface area is 193 Å².